The normalized spacial score (nSPS) is 16.0. The standard InChI is InChI=1S/C15H32N2O4S/c1-8-12(14(16)18)9-15(4,5)13(21-11(2)3)10-17(6)22(7,19)20/h11-13H,8-10H2,1-7H3,(H2,16,18). The van der Waals surface area contributed by atoms with Crippen LogP contribution in [0.2, 0.25) is 0 Å². The molecular weight excluding hydrogens is 304 g/mol. The van der Waals surface area contributed by atoms with Crippen LogP contribution in [0.15, 0.2) is 0 Å². The second kappa shape index (κ2) is 8.26. The van der Waals surface area contributed by atoms with Crippen molar-refractivity contribution in [3.8, 4) is 0 Å². The molecular formula is C15H32N2O4S. The fourth-order valence-electron chi connectivity index (χ4n) is 2.38. The zero-order valence-corrected chi connectivity index (χ0v) is 15.7. The van der Waals surface area contributed by atoms with Crippen LogP contribution in [0.5, 0.6) is 0 Å². The van der Waals surface area contributed by atoms with Crippen LogP contribution in [0.4, 0.5) is 0 Å². The minimum absolute atomic E-state index is 0.0362. The van der Waals surface area contributed by atoms with E-state index in [9.17, 15) is 13.2 Å². The molecule has 2 unspecified atom stereocenters. The number of nitrogens with zero attached hydrogens (tertiary/aromatic N) is 1. The highest BCUT2D eigenvalue weighted by molar-refractivity contribution is 7.88. The van der Waals surface area contributed by atoms with E-state index in [-0.39, 0.29) is 36.0 Å². The SMILES string of the molecule is CCC(CC(C)(C)C(CN(C)S(C)(=O)=O)OC(C)C)C(N)=O. The third-order valence-corrected chi connectivity index (χ3v) is 5.25. The van der Waals surface area contributed by atoms with Crippen molar-refractivity contribution < 1.29 is 17.9 Å². The Morgan fingerprint density at radius 1 is 1.32 bits per heavy atom. The summed E-state index contributed by atoms with van der Waals surface area (Å²) < 4.78 is 30.6. The maximum absolute atomic E-state index is 11.7. The van der Waals surface area contributed by atoms with Crippen molar-refractivity contribution in [3.63, 3.8) is 0 Å². The zero-order chi connectivity index (χ0) is 17.7. The van der Waals surface area contributed by atoms with Gasteiger partial charge in [-0.2, -0.15) is 0 Å². The van der Waals surface area contributed by atoms with Crippen LogP contribution < -0.4 is 5.73 Å². The number of nitrogens with two attached hydrogens (primary N) is 1. The van der Waals surface area contributed by atoms with Crippen LogP contribution in [0.3, 0.4) is 0 Å². The number of ether oxygens (including phenoxy) is 1. The number of sulfonamides is 1. The van der Waals surface area contributed by atoms with Gasteiger partial charge in [-0.05, 0) is 32.1 Å². The number of rotatable bonds is 10. The first-order valence-corrected chi connectivity index (χ1v) is 9.52. The third kappa shape index (κ3) is 7.07. The molecule has 1 amide bonds. The molecule has 0 aromatic rings. The van der Waals surface area contributed by atoms with Crippen molar-refractivity contribution in [1.29, 1.82) is 0 Å². The summed E-state index contributed by atoms with van der Waals surface area (Å²) in [5, 5.41) is 0. The van der Waals surface area contributed by atoms with Crippen molar-refractivity contribution in [2.24, 2.45) is 17.1 Å². The van der Waals surface area contributed by atoms with Gasteiger partial charge in [-0.3, -0.25) is 4.79 Å². The predicted molar refractivity (Wildman–Crippen MR) is 88.9 cm³/mol. The van der Waals surface area contributed by atoms with Gasteiger partial charge in [0.1, 0.15) is 0 Å². The van der Waals surface area contributed by atoms with Crippen LogP contribution in [-0.2, 0) is 19.6 Å². The molecule has 0 saturated carbocycles. The van der Waals surface area contributed by atoms with E-state index in [1.807, 2.05) is 34.6 Å². The van der Waals surface area contributed by atoms with E-state index in [1.54, 1.807) is 0 Å². The summed E-state index contributed by atoms with van der Waals surface area (Å²) in [6.07, 6.45) is 2.04. The second-order valence-electron chi connectivity index (χ2n) is 6.92. The van der Waals surface area contributed by atoms with Crippen molar-refractivity contribution in [2.75, 3.05) is 19.8 Å². The number of hydrogen-bond acceptors (Lipinski definition) is 4. The highest BCUT2D eigenvalue weighted by atomic mass is 32.2. The third-order valence-electron chi connectivity index (χ3n) is 3.96. The highest BCUT2D eigenvalue weighted by Gasteiger charge is 2.36. The van der Waals surface area contributed by atoms with E-state index in [0.717, 1.165) is 0 Å². The Labute approximate surface area is 135 Å². The Bertz CT molecular complexity index is 460. The minimum Gasteiger partial charge on any atom is -0.374 e. The van der Waals surface area contributed by atoms with E-state index in [0.29, 0.717) is 12.8 Å². The Morgan fingerprint density at radius 3 is 2.14 bits per heavy atom. The summed E-state index contributed by atoms with van der Waals surface area (Å²) in [4.78, 5) is 11.5. The summed E-state index contributed by atoms with van der Waals surface area (Å²) in [6.45, 7) is 9.97. The molecule has 0 fully saturated rings. The van der Waals surface area contributed by atoms with Gasteiger partial charge in [-0.25, -0.2) is 12.7 Å². The van der Waals surface area contributed by atoms with Gasteiger partial charge in [-0.15, -0.1) is 0 Å². The van der Waals surface area contributed by atoms with E-state index < -0.39 is 10.0 Å². The van der Waals surface area contributed by atoms with Crippen molar-refractivity contribution in [3.05, 3.63) is 0 Å². The van der Waals surface area contributed by atoms with Gasteiger partial charge >= 0.3 is 0 Å². The van der Waals surface area contributed by atoms with E-state index >= 15 is 0 Å². The summed E-state index contributed by atoms with van der Waals surface area (Å²) in [5.41, 5.74) is 5.06. The Hall–Kier alpha value is -0.660. The van der Waals surface area contributed by atoms with Crippen molar-refractivity contribution >= 4 is 15.9 Å². The fourth-order valence-corrected chi connectivity index (χ4v) is 2.79. The van der Waals surface area contributed by atoms with E-state index in [2.05, 4.69) is 0 Å². The molecule has 2 atom stereocenters. The maximum atomic E-state index is 11.7. The Kier molecular flexibility index (Phi) is 8.02. The average molecular weight is 336 g/mol. The predicted octanol–water partition coefficient (Wildman–Crippen LogP) is 1.60. The first-order chi connectivity index (χ1) is 9.81. The van der Waals surface area contributed by atoms with Gasteiger partial charge in [-0.1, -0.05) is 20.8 Å². The van der Waals surface area contributed by atoms with Crippen LogP contribution in [0.1, 0.15) is 47.5 Å². The quantitative estimate of drug-likeness (QED) is 0.656. The molecule has 0 bridgehead atoms. The zero-order valence-electron chi connectivity index (χ0n) is 14.9. The topological polar surface area (TPSA) is 89.7 Å². The molecule has 0 spiro atoms. The van der Waals surface area contributed by atoms with Crippen LogP contribution in [-0.4, -0.2) is 50.7 Å². The molecule has 0 aliphatic carbocycles. The summed E-state index contributed by atoms with van der Waals surface area (Å²) in [5.74, 6) is -0.563. The molecule has 0 heterocycles. The lowest BCUT2D eigenvalue weighted by atomic mass is 9.77. The second-order valence-corrected chi connectivity index (χ2v) is 9.01. The molecule has 0 aliphatic rings. The first kappa shape index (κ1) is 21.3. The molecule has 0 aromatic heterocycles. The molecule has 7 heteroatoms. The summed E-state index contributed by atoms with van der Waals surface area (Å²) >= 11 is 0. The lowest BCUT2D eigenvalue weighted by molar-refractivity contribution is -0.125. The monoisotopic (exact) mass is 336 g/mol. The fraction of sp³-hybridized carbons (Fsp3) is 0.933. The highest BCUT2D eigenvalue weighted by Crippen LogP contribution is 2.34. The lowest BCUT2D eigenvalue weighted by Gasteiger charge is -2.38. The molecule has 0 saturated heterocycles. The van der Waals surface area contributed by atoms with Gasteiger partial charge in [0, 0.05) is 19.5 Å². The minimum atomic E-state index is -3.28. The van der Waals surface area contributed by atoms with Crippen molar-refractivity contribution in [2.45, 2.75) is 59.7 Å². The molecule has 6 nitrogen and oxygen atoms in total. The molecule has 0 aliphatic heterocycles. The number of carbonyl (C=O) groups is 1. The number of primary amides is 1. The van der Waals surface area contributed by atoms with Gasteiger partial charge in [0.25, 0.3) is 0 Å². The Morgan fingerprint density at radius 2 is 1.82 bits per heavy atom. The first-order valence-electron chi connectivity index (χ1n) is 7.67. The van der Waals surface area contributed by atoms with Crippen LogP contribution in [0.25, 0.3) is 0 Å². The molecule has 132 valence electrons. The smallest absolute Gasteiger partial charge is 0.220 e. The maximum Gasteiger partial charge on any atom is 0.220 e. The van der Waals surface area contributed by atoms with E-state index in [1.165, 1.54) is 17.6 Å². The largest absolute Gasteiger partial charge is 0.374 e. The average Bonchev–Trinajstić information content (AvgIpc) is 2.32. The number of carbonyl (C=O) groups excluding carboxylic acids is 1. The summed E-state index contributed by atoms with van der Waals surface area (Å²) in [7, 11) is -1.75. The molecule has 0 rings (SSSR count). The van der Waals surface area contributed by atoms with Gasteiger partial charge in [0.2, 0.25) is 15.9 Å². The lowest BCUT2D eigenvalue weighted by Crippen LogP contribution is -2.45. The molecule has 0 aromatic carbocycles. The number of amides is 1. The van der Waals surface area contributed by atoms with Crippen LogP contribution >= 0.6 is 0 Å². The van der Waals surface area contributed by atoms with E-state index in [4.69, 9.17) is 10.5 Å². The van der Waals surface area contributed by atoms with Gasteiger partial charge < -0.3 is 10.5 Å². The molecule has 0 radical (unpaired) electrons. The number of likely N-dealkylation sites (N-methyl/N-ethyl adjacent to an activating group) is 1. The van der Waals surface area contributed by atoms with Crippen molar-refractivity contribution in [1.82, 2.24) is 4.31 Å². The molecule has 2 N–H and O–H groups in total. The molecule has 22 heavy (non-hydrogen) atoms. The van der Waals surface area contributed by atoms with Crippen LogP contribution in [0, 0.1) is 11.3 Å². The van der Waals surface area contributed by atoms with Gasteiger partial charge in [0.15, 0.2) is 0 Å². The number of hydrogen-bond donors (Lipinski definition) is 1. The van der Waals surface area contributed by atoms with Gasteiger partial charge in [0.05, 0.1) is 18.5 Å². The summed E-state index contributed by atoms with van der Waals surface area (Å²) in [6, 6.07) is 0. The Balaban J connectivity index is 5.25.